The number of anilines is 1. The van der Waals surface area contributed by atoms with Gasteiger partial charge in [0, 0.05) is 14.3 Å². The fourth-order valence-corrected chi connectivity index (χ4v) is 3.24. The van der Waals surface area contributed by atoms with Gasteiger partial charge in [-0.2, -0.15) is 0 Å². The number of nitrogens with zero attached hydrogens (tertiary/aromatic N) is 1. The Kier molecular flexibility index (Phi) is 4.03. The predicted octanol–water partition coefficient (Wildman–Crippen LogP) is 5.01. The van der Waals surface area contributed by atoms with Gasteiger partial charge in [0.25, 0.3) is 5.91 Å². The maximum atomic E-state index is 12.3. The zero-order valence-corrected chi connectivity index (χ0v) is 14.0. The third-order valence-electron chi connectivity index (χ3n) is 3.02. The van der Waals surface area contributed by atoms with Crippen molar-refractivity contribution in [3.63, 3.8) is 0 Å². The van der Waals surface area contributed by atoms with Crippen LogP contribution < -0.4 is 5.32 Å². The number of hydrogen-bond donors (Lipinski definition) is 1. The minimum atomic E-state index is -0.175. The quantitative estimate of drug-likeness (QED) is 0.650. The van der Waals surface area contributed by atoms with E-state index in [1.165, 1.54) is 0 Å². The maximum Gasteiger partial charge on any atom is 0.256 e. The molecular weight excluding hydrogens is 396 g/mol. The molecule has 3 nitrogen and oxygen atoms in total. The summed E-state index contributed by atoms with van der Waals surface area (Å²) >= 11 is 6.76. The molecule has 5 heteroatoms. The van der Waals surface area contributed by atoms with Gasteiger partial charge in [-0.15, -0.1) is 0 Å². The van der Waals surface area contributed by atoms with Crippen molar-refractivity contribution in [1.29, 1.82) is 0 Å². The Morgan fingerprint density at radius 3 is 2.67 bits per heavy atom. The highest BCUT2D eigenvalue weighted by Crippen LogP contribution is 2.23. The highest BCUT2D eigenvalue weighted by atomic mass is 79.9. The van der Waals surface area contributed by atoms with E-state index in [-0.39, 0.29) is 5.91 Å². The molecule has 0 aliphatic rings. The van der Waals surface area contributed by atoms with Crippen LogP contribution in [0.2, 0.25) is 0 Å². The summed E-state index contributed by atoms with van der Waals surface area (Å²) in [6.45, 7) is 0. The lowest BCUT2D eigenvalue weighted by molar-refractivity contribution is 0.102. The fourth-order valence-electron chi connectivity index (χ4n) is 2.01. The molecule has 0 bridgehead atoms. The van der Waals surface area contributed by atoms with Crippen molar-refractivity contribution in [2.24, 2.45) is 0 Å². The molecule has 2 aromatic carbocycles. The summed E-state index contributed by atoms with van der Waals surface area (Å²) < 4.78 is 1.65. The van der Waals surface area contributed by atoms with Gasteiger partial charge in [0.1, 0.15) is 0 Å². The van der Waals surface area contributed by atoms with Crippen LogP contribution in [0.4, 0.5) is 5.69 Å². The van der Waals surface area contributed by atoms with E-state index in [1.807, 2.05) is 42.5 Å². The van der Waals surface area contributed by atoms with E-state index in [4.69, 9.17) is 0 Å². The Morgan fingerprint density at radius 1 is 1.05 bits per heavy atom. The number of carbonyl (C=O) groups excluding carboxylic acids is 1. The molecule has 0 radical (unpaired) electrons. The average Bonchev–Trinajstić information content (AvgIpc) is 2.47. The highest BCUT2D eigenvalue weighted by molar-refractivity contribution is 9.11. The number of halogens is 2. The van der Waals surface area contributed by atoms with Gasteiger partial charge in [-0.25, -0.2) is 0 Å². The number of hydrogen-bond acceptors (Lipinski definition) is 2. The number of benzene rings is 2. The van der Waals surface area contributed by atoms with Crippen LogP contribution in [0.5, 0.6) is 0 Å². The Morgan fingerprint density at radius 2 is 1.86 bits per heavy atom. The molecule has 0 atom stereocenters. The maximum absolute atomic E-state index is 12.3. The Hall–Kier alpha value is -1.72. The van der Waals surface area contributed by atoms with Crippen molar-refractivity contribution < 1.29 is 4.79 Å². The molecule has 21 heavy (non-hydrogen) atoms. The second-order valence-corrected chi connectivity index (χ2v) is 6.26. The van der Waals surface area contributed by atoms with Crippen molar-refractivity contribution in [1.82, 2.24) is 4.98 Å². The molecule has 0 spiro atoms. The minimum absolute atomic E-state index is 0.175. The number of aromatic nitrogens is 1. The summed E-state index contributed by atoms with van der Waals surface area (Å²) in [6, 6.07) is 15.1. The summed E-state index contributed by atoms with van der Waals surface area (Å²) in [5.74, 6) is -0.175. The van der Waals surface area contributed by atoms with Crippen molar-refractivity contribution in [2.75, 3.05) is 5.32 Å². The number of carbonyl (C=O) groups is 1. The lowest BCUT2D eigenvalue weighted by Gasteiger charge is -2.08. The standard InChI is InChI=1S/C16H10Br2N2O/c17-11-5-6-13(14(18)8-11)16(21)20-12-7-10-3-1-2-4-15(10)19-9-12/h1-9H,(H,20,21). The van der Waals surface area contributed by atoms with E-state index in [1.54, 1.807) is 12.3 Å². The normalized spacial score (nSPS) is 10.6. The lowest BCUT2D eigenvalue weighted by Crippen LogP contribution is -2.12. The number of fused-ring (bicyclic) bond motifs is 1. The summed E-state index contributed by atoms with van der Waals surface area (Å²) in [5, 5.41) is 3.85. The summed E-state index contributed by atoms with van der Waals surface area (Å²) in [6.07, 6.45) is 1.66. The molecular formula is C16H10Br2N2O. The van der Waals surface area contributed by atoms with Gasteiger partial charge in [0.2, 0.25) is 0 Å². The first-order valence-corrected chi connectivity index (χ1v) is 7.83. The van der Waals surface area contributed by atoms with Crippen LogP contribution in [-0.2, 0) is 0 Å². The van der Waals surface area contributed by atoms with Crippen LogP contribution in [0.25, 0.3) is 10.9 Å². The molecule has 0 fully saturated rings. The number of para-hydroxylation sites is 1. The molecule has 3 rings (SSSR count). The number of pyridine rings is 1. The summed E-state index contributed by atoms with van der Waals surface area (Å²) in [4.78, 5) is 16.6. The van der Waals surface area contributed by atoms with Crippen LogP contribution >= 0.6 is 31.9 Å². The molecule has 104 valence electrons. The van der Waals surface area contributed by atoms with E-state index >= 15 is 0 Å². The van der Waals surface area contributed by atoms with Crippen molar-refractivity contribution in [2.45, 2.75) is 0 Å². The monoisotopic (exact) mass is 404 g/mol. The molecule has 3 aromatic rings. The molecule has 0 aliphatic carbocycles. The molecule has 0 aliphatic heterocycles. The molecule has 1 amide bonds. The minimum Gasteiger partial charge on any atom is -0.321 e. The Balaban J connectivity index is 1.89. The SMILES string of the molecule is O=C(Nc1cnc2ccccc2c1)c1ccc(Br)cc1Br. The van der Waals surface area contributed by atoms with Crippen molar-refractivity contribution >= 4 is 54.4 Å². The lowest BCUT2D eigenvalue weighted by atomic mass is 10.2. The van der Waals surface area contributed by atoms with Crippen LogP contribution in [0.1, 0.15) is 10.4 Å². The second-order valence-electron chi connectivity index (χ2n) is 4.49. The number of amides is 1. The van der Waals surface area contributed by atoms with E-state index in [2.05, 4.69) is 42.2 Å². The van der Waals surface area contributed by atoms with Crippen molar-refractivity contribution in [3.8, 4) is 0 Å². The van der Waals surface area contributed by atoms with Gasteiger partial charge < -0.3 is 5.32 Å². The van der Waals surface area contributed by atoms with Gasteiger partial charge in [0.15, 0.2) is 0 Å². The van der Waals surface area contributed by atoms with Gasteiger partial charge in [-0.3, -0.25) is 9.78 Å². The average molecular weight is 406 g/mol. The third kappa shape index (κ3) is 3.14. The first kappa shape index (κ1) is 14.2. The molecule has 1 heterocycles. The topological polar surface area (TPSA) is 42.0 Å². The highest BCUT2D eigenvalue weighted by Gasteiger charge is 2.11. The number of nitrogens with one attached hydrogen (secondary N) is 1. The smallest absolute Gasteiger partial charge is 0.256 e. The zero-order valence-electron chi connectivity index (χ0n) is 10.8. The van der Waals surface area contributed by atoms with E-state index in [0.717, 1.165) is 19.8 Å². The largest absolute Gasteiger partial charge is 0.321 e. The van der Waals surface area contributed by atoms with Gasteiger partial charge in [-0.05, 0) is 46.3 Å². The van der Waals surface area contributed by atoms with Crippen molar-refractivity contribution in [3.05, 3.63) is 69.2 Å². The first-order chi connectivity index (χ1) is 10.1. The summed E-state index contributed by atoms with van der Waals surface area (Å²) in [7, 11) is 0. The van der Waals surface area contributed by atoms with E-state index < -0.39 is 0 Å². The van der Waals surface area contributed by atoms with Gasteiger partial charge in [-0.1, -0.05) is 34.1 Å². The molecule has 1 aromatic heterocycles. The molecule has 0 saturated carbocycles. The van der Waals surface area contributed by atoms with Gasteiger partial charge in [0.05, 0.1) is 23.0 Å². The van der Waals surface area contributed by atoms with Crippen LogP contribution in [0, 0.1) is 0 Å². The Labute approximate surface area is 138 Å². The fraction of sp³-hybridized carbons (Fsp3) is 0. The molecule has 1 N–H and O–H groups in total. The van der Waals surface area contributed by atoms with E-state index in [9.17, 15) is 4.79 Å². The third-order valence-corrected chi connectivity index (χ3v) is 4.17. The first-order valence-electron chi connectivity index (χ1n) is 6.25. The summed E-state index contributed by atoms with van der Waals surface area (Å²) in [5.41, 5.74) is 2.15. The van der Waals surface area contributed by atoms with Crippen LogP contribution in [0.15, 0.2) is 63.7 Å². The Bertz CT molecular complexity index is 833. The molecule has 0 unspecified atom stereocenters. The molecule has 0 saturated heterocycles. The number of rotatable bonds is 2. The van der Waals surface area contributed by atoms with Gasteiger partial charge >= 0.3 is 0 Å². The van der Waals surface area contributed by atoms with E-state index in [0.29, 0.717) is 11.3 Å². The zero-order chi connectivity index (χ0) is 14.8. The van der Waals surface area contributed by atoms with Crippen LogP contribution in [-0.4, -0.2) is 10.9 Å². The predicted molar refractivity (Wildman–Crippen MR) is 91.5 cm³/mol. The second kappa shape index (κ2) is 5.95. The van der Waals surface area contributed by atoms with Crippen LogP contribution in [0.3, 0.4) is 0 Å².